The highest BCUT2D eigenvalue weighted by atomic mass is 19.1. The minimum absolute atomic E-state index is 0.0346. The number of piperidine rings is 1. The van der Waals surface area contributed by atoms with Crippen molar-refractivity contribution in [3.05, 3.63) is 29.6 Å². The molecule has 1 aromatic carbocycles. The van der Waals surface area contributed by atoms with Crippen molar-refractivity contribution in [2.24, 2.45) is 5.73 Å². The Balaban J connectivity index is 2.11. The molecular weight excluding hydrogens is 219 g/mol. The normalized spacial score (nSPS) is 20.4. The SMILES string of the molecule is CC(c1ccc(F)cc1O)N1CCC(N)CC1. The van der Waals surface area contributed by atoms with Crippen LogP contribution in [0.5, 0.6) is 5.75 Å². The van der Waals surface area contributed by atoms with Gasteiger partial charge in [0.2, 0.25) is 0 Å². The molecule has 1 aliphatic heterocycles. The zero-order chi connectivity index (χ0) is 12.4. The van der Waals surface area contributed by atoms with Crippen LogP contribution in [-0.4, -0.2) is 29.1 Å². The third kappa shape index (κ3) is 2.76. The first-order chi connectivity index (χ1) is 8.08. The maximum absolute atomic E-state index is 12.9. The molecule has 1 heterocycles. The molecule has 0 aromatic heterocycles. The van der Waals surface area contributed by atoms with Gasteiger partial charge in [0.1, 0.15) is 11.6 Å². The third-order valence-corrected chi connectivity index (χ3v) is 3.56. The van der Waals surface area contributed by atoms with Crippen LogP contribution in [0.2, 0.25) is 0 Å². The van der Waals surface area contributed by atoms with Crippen LogP contribution in [0.25, 0.3) is 0 Å². The van der Waals surface area contributed by atoms with E-state index >= 15 is 0 Å². The number of phenols is 1. The van der Waals surface area contributed by atoms with Gasteiger partial charge in [-0.25, -0.2) is 4.39 Å². The van der Waals surface area contributed by atoms with Gasteiger partial charge in [-0.15, -0.1) is 0 Å². The van der Waals surface area contributed by atoms with Gasteiger partial charge in [-0.2, -0.15) is 0 Å². The van der Waals surface area contributed by atoms with E-state index in [1.54, 1.807) is 6.07 Å². The fraction of sp³-hybridized carbons (Fsp3) is 0.538. The second-order valence-corrected chi connectivity index (χ2v) is 4.75. The van der Waals surface area contributed by atoms with E-state index in [2.05, 4.69) is 4.90 Å². The minimum atomic E-state index is -0.404. The van der Waals surface area contributed by atoms with Gasteiger partial charge < -0.3 is 10.8 Å². The zero-order valence-electron chi connectivity index (χ0n) is 10.1. The Morgan fingerprint density at radius 3 is 2.65 bits per heavy atom. The average Bonchev–Trinajstić information content (AvgIpc) is 2.29. The molecule has 3 N–H and O–H groups in total. The number of likely N-dealkylation sites (tertiary alicyclic amines) is 1. The summed E-state index contributed by atoms with van der Waals surface area (Å²) in [6.45, 7) is 3.89. The molecule has 0 amide bonds. The molecule has 1 unspecified atom stereocenters. The van der Waals surface area contributed by atoms with Gasteiger partial charge in [0, 0.05) is 36.8 Å². The zero-order valence-corrected chi connectivity index (χ0v) is 10.1. The number of hydrogen-bond acceptors (Lipinski definition) is 3. The van der Waals surface area contributed by atoms with E-state index in [0.29, 0.717) is 6.04 Å². The lowest BCUT2D eigenvalue weighted by Crippen LogP contribution is -2.40. The van der Waals surface area contributed by atoms with Crippen LogP contribution in [0.3, 0.4) is 0 Å². The molecule has 0 saturated carbocycles. The van der Waals surface area contributed by atoms with Crippen molar-refractivity contribution in [2.75, 3.05) is 13.1 Å². The Morgan fingerprint density at radius 2 is 2.06 bits per heavy atom. The van der Waals surface area contributed by atoms with E-state index in [0.717, 1.165) is 31.5 Å². The van der Waals surface area contributed by atoms with Crippen LogP contribution in [0.1, 0.15) is 31.4 Å². The summed E-state index contributed by atoms with van der Waals surface area (Å²) in [6, 6.07) is 4.61. The Bertz CT molecular complexity index is 389. The number of aromatic hydroxyl groups is 1. The maximum Gasteiger partial charge on any atom is 0.126 e. The number of hydrogen-bond donors (Lipinski definition) is 2. The maximum atomic E-state index is 12.9. The van der Waals surface area contributed by atoms with Gasteiger partial charge in [-0.05, 0) is 25.8 Å². The second kappa shape index (κ2) is 5.02. The summed E-state index contributed by atoms with van der Waals surface area (Å²) in [7, 11) is 0. The minimum Gasteiger partial charge on any atom is -0.508 e. The molecule has 1 atom stereocenters. The van der Waals surface area contributed by atoms with Gasteiger partial charge in [0.25, 0.3) is 0 Å². The Labute approximate surface area is 101 Å². The number of nitrogens with zero attached hydrogens (tertiary/aromatic N) is 1. The summed E-state index contributed by atoms with van der Waals surface area (Å²) in [5, 5.41) is 9.75. The molecule has 2 rings (SSSR count). The van der Waals surface area contributed by atoms with Crippen molar-refractivity contribution >= 4 is 0 Å². The first-order valence-corrected chi connectivity index (χ1v) is 6.06. The fourth-order valence-electron chi connectivity index (χ4n) is 2.37. The molecule has 0 spiro atoms. The topological polar surface area (TPSA) is 49.5 Å². The molecule has 1 aromatic rings. The van der Waals surface area contributed by atoms with E-state index in [1.165, 1.54) is 12.1 Å². The number of nitrogens with two attached hydrogens (primary N) is 1. The Kier molecular flexibility index (Phi) is 3.64. The largest absolute Gasteiger partial charge is 0.508 e. The first kappa shape index (κ1) is 12.3. The van der Waals surface area contributed by atoms with E-state index in [9.17, 15) is 9.50 Å². The Morgan fingerprint density at radius 1 is 1.41 bits per heavy atom. The van der Waals surface area contributed by atoms with Crippen molar-refractivity contribution < 1.29 is 9.50 Å². The average molecular weight is 238 g/mol. The van der Waals surface area contributed by atoms with Gasteiger partial charge in [-0.1, -0.05) is 6.07 Å². The van der Waals surface area contributed by atoms with Crippen molar-refractivity contribution in [3.63, 3.8) is 0 Å². The van der Waals surface area contributed by atoms with E-state index in [1.807, 2.05) is 6.92 Å². The molecular formula is C13H19FN2O. The molecule has 0 radical (unpaired) electrons. The summed E-state index contributed by atoms with van der Waals surface area (Å²) in [5.74, 6) is -0.369. The molecule has 0 bridgehead atoms. The third-order valence-electron chi connectivity index (χ3n) is 3.56. The molecule has 94 valence electrons. The quantitative estimate of drug-likeness (QED) is 0.828. The van der Waals surface area contributed by atoms with Crippen LogP contribution in [0.15, 0.2) is 18.2 Å². The van der Waals surface area contributed by atoms with Gasteiger partial charge >= 0.3 is 0 Å². The molecule has 1 saturated heterocycles. The number of halogens is 1. The molecule has 4 heteroatoms. The van der Waals surface area contributed by atoms with Gasteiger partial charge in [-0.3, -0.25) is 4.90 Å². The standard InChI is InChI=1S/C13H19FN2O/c1-9(16-6-4-11(15)5-7-16)12-3-2-10(14)8-13(12)17/h2-3,8-9,11,17H,4-7,15H2,1H3. The van der Waals surface area contributed by atoms with Gasteiger partial charge in [0.15, 0.2) is 0 Å². The highest BCUT2D eigenvalue weighted by Crippen LogP contribution is 2.30. The molecule has 1 aliphatic rings. The lowest BCUT2D eigenvalue weighted by Gasteiger charge is -2.35. The van der Waals surface area contributed by atoms with Crippen LogP contribution in [0.4, 0.5) is 4.39 Å². The predicted octanol–water partition coefficient (Wildman–Crippen LogP) is 2.02. The van der Waals surface area contributed by atoms with Crippen molar-refractivity contribution in [1.82, 2.24) is 4.90 Å². The highest BCUT2D eigenvalue weighted by molar-refractivity contribution is 5.35. The smallest absolute Gasteiger partial charge is 0.126 e. The molecule has 3 nitrogen and oxygen atoms in total. The van der Waals surface area contributed by atoms with Crippen LogP contribution >= 0.6 is 0 Å². The lowest BCUT2D eigenvalue weighted by atomic mass is 10.00. The van der Waals surface area contributed by atoms with Crippen molar-refractivity contribution in [3.8, 4) is 5.75 Å². The lowest BCUT2D eigenvalue weighted by molar-refractivity contribution is 0.161. The molecule has 17 heavy (non-hydrogen) atoms. The van der Waals surface area contributed by atoms with E-state index in [-0.39, 0.29) is 11.8 Å². The number of rotatable bonds is 2. The fourth-order valence-corrected chi connectivity index (χ4v) is 2.37. The summed E-state index contributed by atoms with van der Waals surface area (Å²) >= 11 is 0. The van der Waals surface area contributed by atoms with Gasteiger partial charge in [0.05, 0.1) is 0 Å². The number of phenolic OH excluding ortho intramolecular Hbond substituents is 1. The number of benzene rings is 1. The first-order valence-electron chi connectivity index (χ1n) is 6.06. The molecule has 1 fully saturated rings. The van der Waals surface area contributed by atoms with E-state index in [4.69, 9.17) is 5.73 Å². The second-order valence-electron chi connectivity index (χ2n) is 4.75. The predicted molar refractivity (Wildman–Crippen MR) is 65.3 cm³/mol. The summed E-state index contributed by atoms with van der Waals surface area (Å²) in [4.78, 5) is 2.27. The monoisotopic (exact) mass is 238 g/mol. The van der Waals surface area contributed by atoms with Crippen LogP contribution in [0, 0.1) is 5.82 Å². The summed E-state index contributed by atoms with van der Waals surface area (Å²) in [6.07, 6.45) is 1.96. The van der Waals surface area contributed by atoms with Crippen LogP contribution < -0.4 is 5.73 Å². The van der Waals surface area contributed by atoms with E-state index < -0.39 is 5.82 Å². The van der Waals surface area contributed by atoms with Crippen LogP contribution in [-0.2, 0) is 0 Å². The molecule has 0 aliphatic carbocycles. The summed E-state index contributed by atoms with van der Waals surface area (Å²) in [5.41, 5.74) is 6.64. The summed E-state index contributed by atoms with van der Waals surface area (Å²) < 4.78 is 12.9. The van der Waals surface area contributed by atoms with Crippen molar-refractivity contribution in [2.45, 2.75) is 31.8 Å². The van der Waals surface area contributed by atoms with Crippen molar-refractivity contribution in [1.29, 1.82) is 0 Å². The highest BCUT2D eigenvalue weighted by Gasteiger charge is 2.23. The Hall–Kier alpha value is -1.13.